The summed E-state index contributed by atoms with van der Waals surface area (Å²) in [6.07, 6.45) is 1.59. The van der Waals surface area contributed by atoms with Gasteiger partial charge in [0.25, 0.3) is 0 Å². The number of carbonyl (C=O) groups is 2. The number of pyridine rings is 1. The van der Waals surface area contributed by atoms with Gasteiger partial charge >= 0.3 is 11.9 Å². The number of aromatic nitrogens is 1. The second-order valence-corrected chi connectivity index (χ2v) is 4.34. The van der Waals surface area contributed by atoms with Crippen molar-refractivity contribution in [1.82, 2.24) is 4.98 Å². The van der Waals surface area contributed by atoms with Crippen molar-refractivity contribution < 1.29 is 19.8 Å². The number of carboxylic acids is 2. The lowest BCUT2D eigenvalue weighted by Crippen LogP contribution is -2.04. The van der Waals surface area contributed by atoms with Gasteiger partial charge in [0.2, 0.25) is 0 Å². The SMILES string of the molecule is O=C(O)c1cccc2c1c(C(=O)O)cc1cccnc12. The Morgan fingerprint density at radius 1 is 0.950 bits per heavy atom. The van der Waals surface area contributed by atoms with Crippen LogP contribution in [0.2, 0.25) is 0 Å². The molecule has 3 rings (SSSR count). The molecule has 0 atom stereocenters. The highest BCUT2D eigenvalue weighted by Gasteiger charge is 2.18. The van der Waals surface area contributed by atoms with Crippen molar-refractivity contribution in [1.29, 1.82) is 0 Å². The molecule has 2 N–H and O–H groups in total. The normalized spacial score (nSPS) is 10.8. The van der Waals surface area contributed by atoms with Crippen LogP contribution in [-0.4, -0.2) is 27.1 Å². The van der Waals surface area contributed by atoms with E-state index in [0.29, 0.717) is 16.3 Å². The van der Waals surface area contributed by atoms with Crippen molar-refractivity contribution in [3.8, 4) is 0 Å². The first-order chi connectivity index (χ1) is 9.59. The van der Waals surface area contributed by atoms with E-state index in [4.69, 9.17) is 0 Å². The maximum Gasteiger partial charge on any atom is 0.336 e. The second-order valence-electron chi connectivity index (χ2n) is 4.34. The molecule has 3 aromatic rings. The van der Waals surface area contributed by atoms with Crippen molar-refractivity contribution in [3.05, 3.63) is 53.7 Å². The molecule has 0 aliphatic rings. The summed E-state index contributed by atoms with van der Waals surface area (Å²) in [4.78, 5) is 27.0. The monoisotopic (exact) mass is 267 g/mol. The van der Waals surface area contributed by atoms with Crippen LogP contribution in [0.4, 0.5) is 0 Å². The first-order valence-corrected chi connectivity index (χ1v) is 5.86. The zero-order valence-corrected chi connectivity index (χ0v) is 10.2. The van der Waals surface area contributed by atoms with E-state index in [9.17, 15) is 19.8 Å². The van der Waals surface area contributed by atoms with Crippen LogP contribution in [0.5, 0.6) is 0 Å². The summed E-state index contributed by atoms with van der Waals surface area (Å²) in [5.41, 5.74) is 0.529. The Kier molecular flexibility index (Phi) is 2.61. The molecule has 0 amide bonds. The molecule has 1 heterocycles. The molecule has 0 aliphatic heterocycles. The van der Waals surface area contributed by atoms with Crippen LogP contribution in [0.25, 0.3) is 21.7 Å². The van der Waals surface area contributed by atoms with Crippen molar-refractivity contribution in [3.63, 3.8) is 0 Å². The van der Waals surface area contributed by atoms with Gasteiger partial charge in [-0.05, 0) is 18.2 Å². The summed E-state index contributed by atoms with van der Waals surface area (Å²) in [6, 6.07) is 9.59. The number of nitrogens with zero attached hydrogens (tertiary/aromatic N) is 1. The first-order valence-electron chi connectivity index (χ1n) is 5.86. The van der Waals surface area contributed by atoms with Gasteiger partial charge in [-0.25, -0.2) is 9.59 Å². The zero-order chi connectivity index (χ0) is 14.3. The van der Waals surface area contributed by atoms with E-state index in [1.54, 1.807) is 30.5 Å². The fraction of sp³-hybridized carbons (Fsp3) is 0. The molecule has 0 radical (unpaired) electrons. The van der Waals surface area contributed by atoms with Gasteiger partial charge in [0.15, 0.2) is 0 Å². The van der Waals surface area contributed by atoms with Crippen LogP contribution < -0.4 is 0 Å². The smallest absolute Gasteiger partial charge is 0.336 e. The number of hydrogen-bond donors (Lipinski definition) is 2. The fourth-order valence-electron chi connectivity index (χ4n) is 2.37. The van der Waals surface area contributed by atoms with Crippen LogP contribution >= 0.6 is 0 Å². The molecule has 5 nitrogen and oxygen atoms in total. The molecule has 0 aliphatic carbocycles. The van der Waals surface area contributed by atoms with Crippen molar-refractivity contribution in [2.45, 2.75) is 0 Å². The van der Waals surface area contributed by atoms with Gasteiger partial charge < -0.3 is 10.2 Å². The minimum Gasteiger partial charge on any atom is -0.478 e. The van der Waals surface area contributed by atoms with Crippen LogP contribution in [0.1, 0.15) is 20.7 Å². The standard InChI is InChI=1S/C15H9NO4/c17-14(18)10-5-1-4-9-12(10)11(15(19)20)7-8-3-2-6-16-13(8)9/h1-7H,(H,17,18)(H,19,20). The average molecular weight is 267 g/mol. The van der Waals surface area contributed by atoms with Crippen LogP contribution in [0.3, 0.4) is 0 Å². The summed E-state index contributed by atoms with van der Waals surface area (Å²) < 4.78 is 0. The highest BCUT2D eigenvalue weighted by Crippen LogP contribution is 2.30. The molecule has 0 unspecified atom stereocenters. The molecule has 0 saturated carbocycles. The molecule has 0 saturated heterocycles. The maximum absolute atomic E-state index is 11.4. The molecule has 20 heavy (non-hydrogen) atoms. The number of carboxylic acid groups (broad SMARTS) is 2. The van der Waals surface area contributed by atoms with E-state index in [-0.39, 0.29) is 16.5 Å². The Morgan fingerprint density at radius 3 is 2.40 bits per heavy atom. The molecule has 5 heteroatoms. The van der Waals surface area contributed by atoms with Gasteiger partial charge in [-0.2, -0.15) is 0 Å². The highest BCUT2D eigenvalue weighted by molar-refractivity contribution is 6.19. The van der Waals surface area contributed by atoms with Gasteiger partial charge in [0, 0.05) is 22.4 Å². The third kappa shape index (κ3) is 1.68. The van der Waals surface area contributed by atoms with Crippen LogP contribution in [-0.2, 0) is 0 Å². The summed E-state index contributed by atoms with van der Waals surface area (Å²) in [6.45, 7) is 0. The molecular formula is C15H9NO4. The van der Waals surface area contributed by atoms with E-state index >= 15 is 0 Å². The number of benzene rings is 2. The highest BCUT2D eigenvalue weighted by atomic mass is 16.4. The van der Waals surface area contributed by atoms with E-state index in [1.165, 1.54) is 12.1 Å². The van der Waals surface area contributed by atoms with Gasteiger partial charge in [-0.1, -0.05) is 18.2 Å². The van der Waals surface area contributed by atoms with E-state index in [1.807, 2.05) is 0 Å². The quantitative estimate of drug-likeness (QED) is 0.697. The topological polar surface area (TPSA) is 87.5 Å². The Bertz CT molecular complexity index is 870. The minimum absolute atomic E-state index is 0.0292. The lowest BCUT2D eigenvalue weighted by molar-refractivity contribution is 0.0695. The van der Waals surface area contributed by atoms with Gasteiger partial charge in [-0.3, -0.25) is 4.98 Å². The summed E-state index contributed by atoms with van der Waals surface area (Å²) in [7, 11) is 0. The number of fused-ring (bicyclic) bond motifs is 3. The Morgan fingerprint density at radius 2 is 1.70 bits per heavy atom. The molecule has 0 bridgehead atoms. The summed E-state index contributed by atoms with van der Waals surface area (Å²) in [5, 5.41) is 20.0. The molecule has 2 aromatic carbocycles. The summed E-state index contributed by atoms with van der Waals surface area (Å²) in [5.74, 6) is -2.32. The largest absolute Gasteiger partial charge is 0.478 e. The van der Waals surface area contributed by atoms with Gasteiger partial charge in [0.05, 0.1) is 16.6 Å². The molecular weight excluding hydrogens is 258 g/mol. The third-order valence-corrected chi connectivity index (χ3v) is 3.19. The van der Waals surface area contributed by atoms with Gasteiger partial charge in [-0.15, -0.1) is 0 Å². The van der Waals surface area contributed by atoms with E-state index in [2.05, 4.69) is 4.98 Å². The summed E-state index contributed by atoms with van der Waals surface area (Å²) >= 11 is 0. The minimum atomic E-state index is -1.16. The zero-order valence-electron chi connectivity index (χ0n) is 10.2. The van der Waals surface area contributed by atoms with Crippen molar-refractivity contribution >= 4 is 33.6 Å². The van der Waals surface area contributed by atoms with E-state index in [0.717, 1.165) is 0 Å². The van der Waals surface area contributed by atoms with Crippen LogP contribution in [0.15, 0.2) is 42.6 Å². The Hall–Kier alpha value is -2.95. The van der Waals surface area contributed by atoms with E-state index < -0.39 is 11.9 Å². The molecule has 0 spiro atoms. The average Bonchev–Trinajstić information content (AvgIpc) is 2.45. The predicted molar refractivity (Wildman–Crippen MR) is 73.2 cm³/mol. The van der Waals surface area contributed by atoms with Crippen LogP contribution in [0, 0.1) is 0 Å². The number of aromatic carboxylic acids is 2. The molecule has 1 aromatic heterocycles. The molecule has 0 fully saturated rings. The second kappa shape index (κ2) is 4.31. The lowest BCUT2D eigenvalue weighted by Gasteiger charge is -2.09. The lowest BCUT2D eigenvalue weighted by atomic mass is 9.96. The number of hydrogen-bond acceptors (Lipinski definition) is 3. The van der Waals surface area contributed by atoms with Crippen molar-refractivity contribution in [2.24, 2.45) is 0 Å². The first kappa shape index (κ1) is 12.1. The molecule has 98 valence electrons. The Balaban J connectivity index is 2.62. The van der Waals surface area contributed by atoms with Gasteiger partial charge in [0.1, 0.15) is 0 Å². The number of rotatable bonds is 2. The maximum atomic E-state index is 11.4. The predicted octanol–water partition coefficient (Wildman–Crippen LogP) is 2.78. The Labute approximate surface area is 113 Å². The third-order valence-electron chi connectivity index (χ3n) is 3.19. The fourth-order valence-corrected chi connectivity index (χ4v) is 2.37. The van der Waals surface area contributed by atoms with Crippen molar-refractivity contribution in [2.75, 3.05) is 0 Å².